The van der Waals surface area contributed by atoms with E-state index in [1.165, 1.54) is 29.6 Å². The molecule has 2 rings (SSSR count). The fraction of sp³-hybridized carbons (Fsp3) is 0.538. The molecule has 0 saturated carbocycles. The average molecular weight is 317 g/mol. The topological polar surface area (TPSA) is 70.7 Å². The fourth-order valence-corrected chi connectivity index (χ4v) is 3.68. The van der Waals surface area contributed by atoms with Gasteiger partial charge in [-0.05, 0) is 25.1 Å². The first kappa shape index (κ1) is 16.2. The Morgan fingerprint density at radius 1 is 1.38 bits per heavy atom. The molecule has 1 aromatic carbocycles. The molecule has 21 heavy (non-hydrogen) atoms. The van der Waals surface area contributed by atoms with Crippen LogP contribution >= 0.6 is 0 Å². The number of methoxy groups -OCH3 is 1. The Hall–Kier alpha value is -1.22. The second kappa shape index (κ2) is 6.69. The van der Waals surface area contributed by atoms with Crippen LogP contribution in [0.1, 0.15) is 18.5 Å². The van der Waals surface area contributed by atoms with Gasteiger partial charge in [-0.25, -0.2) is 4.39 Å². The highest BCUT2D eigenvalue weighted by molar-refractivity contribution is 7.87. The number of nitrogens with zero attached hydrogens (tertiary/aromatic N) is 1. The zero-order valence-electron chi connectivity index (χ0n) is 12.1. The molecule has 1 aliphatic rings. The van der Waals surface area contributed by atoms with E-state index in [0.717, 1.165) is 0 Å². The summed E-state index contributed by atoms with van der Waals surface area (Å²) in [6.07, 6.45) is 0. The van der Waals surface area contributed by atoms with Crippen LogP contribution in [0.4, 0.5) is 4.39 Å². The summed E-state index contributed by atoms with van der Waals surface area (Å²) in [5, 5.41) is 3.09. The highest BCUT2D eigenvalue weighted by atomic mass is 32.2. The van der Waals surface area contributed by atoms with Crippen LogP contribution in [-0.4, -0.2) is 46.0 Å². The van der Waals surface area contributed by atoms with Gasteiger partial charge in [0.2, 0.25) is 0 Å². The molecule has 0 spiro atoms. The number of rotatable bonds is 5. The van der Waals surface area contributed by atoms with Crippen molar-refractivity contribution in [2.45, 2.75) is 13.0 Å². The lowest BCUT2D eigenvalue weighted by atomic mass is 10.1. The summed E-state index contributed by atoms with van der Waals surface area (Å²) in [6, 6.07) is 3.46. The lowest BCUT2D eigenvalue weighted by molar-refractivity contribution is 0.351. The van der Waals surface area contributed by atoms with Crippen molar-refractivity contribution < 1.29 is 17.5 Å². The van der Waals surface area contributed by atoms with Gasteiger partial charge in [-0.1, -0.05) is 0 Å². The number of hydrogen-bond donors (Lipinski definition) is 2. The van der Waals surface area contributed by atoms with E-state index >= 15 is 0 Å². The number of benzene rings is 1. The number of hydrogen-bond acceptors (Lipinski definition) is 4. The van der Waals surface area contributed by atoms with E-state index in [4.69, 9.17) is 4.74 Å². The van der Waals surface area contributed by atoms with Crippen molar-refractivity contribution >= 4 is 10.2 Å². The molecule has 0 aromatic heterocycles. The average Bonchev–Trinajstić information content (AvgIpc) is 2.47. The SMILES string of the molecule is COc1ccc(F)cc1C(C)NS(=O)(=O)N1CCNCC1. The van der Waals surface area contributed by atoms with Gasteiger partial charge >= 0.3 is 0 Å². The Morgan fingerprint density at radius 2 is 2.05 bits per heavy atom. The van der Waals surface area contributed by atoms with Gasteiger partial charge < -0.3 is 10.1 Å². The van der Waals surface area contributed by atoms with E-state index in [9.17, 15) is 12.8 Å². The van der Waals surface area contributed by atoms with E-state index in [0.29, 0.717) is 37.5 Å². The summed E-state index contributed by atoms with van der Waals surface area (Å²) in [6.45, 7) is 3.75. The molecule has 118 valence electrons. The summed E-state index contributed by atoms with van der Waals surface area (Å²) in [7, 11) is -2.14. The van der Waals surface area contributed by atoms with Gasteiger partial charge in [-0.2, -0.15) is 17.4 Å². The Morgan fingerprint density at radius 3 is 2.67 bits per heavy atom. The van der Waals surface area contributed by atoms with Gasteiger partial charge in [0.1, 0.15) is 11.6 Å². The van der Waals surface area contributed by atoms with Crippen molar-refractivity contribution in [2.24, 2.45) is 0 Å². The molecular formula is C13H20FN3O3S. The third kappa shape index (κ3) is 3.91. The molecule has 1 atom stereocenters. The van der Waals surface area contributed by atoms with Crippen molar-refractivity contribution in [1.82, 2.24) is 14.3 Å². The van der Waals surface area contributed by atoms with Crippen molar-refractivity contribution in [1.29, 1.82) is 0 Å². The van der Waals surface area contributed by atoms with Gasteiger partial charge in [-0.15, -0.1) is 0 Å². The van der Waals surface area contributed by atoms with Crippen LogP contribution in [0.2, 0.25) is 0 Å². The van der Waals surface area contributed by atoms with Crippen LogP contribution in [0.15, 0.2) is 18.2 Å². The molecule has 0 amide bonds. The van der Waals surface area contributed by atoms with Gasteiger partial charge in [0.05, 0.1) is 7.11 Å². The first-order valence-corrected chi connectivity index (χ1v) is 8.19. The van der Waals surface area contributed by atoms with Crippen LogP contribution in [0, 0.1) is 5.82 Å². The zero-order valence-corrected chi connectivity index (χ0v) is 12.9. The molecule has 1 aromatic rings. The monoisotopic (exact) mass is 317 g/mol. The standard InChI is InChI=1S/C13H20FN3O3S/c1-10(12-9-11(14)3-4-13(12)20-2)16-21(18,19)17-7-5-15-6-8-17/h3-4,9-10,15-16H,5-8H2,1-2H3. The largest absolute Gasteiger partial charge is 0.496 e. The minimum atomic E-state index is -3.60. The van der Waals surface area contributed by atoms with Crippen LogP contribution in [-0.2, 0) is 10.2 Å². The molecule has 6 nitrogen and oxygen atoms in total. The molecule has 0 aliphatic carbocycles. The molecule has 1 heterocycles. The third-order valence-electron chi connectivity index (χ3n) is 3.40. The minimum absolute atomic E-state index is 0.419. The summed E-state index contributed by atoms with van der Waals surface area (Å²) >= 11 is 0. The van der Waals surface area contributed by atoms with Crippen LogP contribution in [0.5, 0.6) is 5.75 Å². The first-order chi connectivity index (χ1) is 9.94. The maximum Gasteiger partial charge on any atom is 0.280 e. The smallest absolute Gasteiger partial charge is 0.280 e. The number of piperazine rings is 1. The van der Waals surface area contributed by atoms with E-state index < -0.39 is 22.1 Å². The lowest BCUT2D eigenvalue weighted by Gasteiger charge is -2.28. The predicted molar refractivity (Wildman–Crippen MR) is 77.9 cm³/mol. The highest BCUT2D eigenvalue weighted by Crippen LogP contribution is 2.26. The zero-order chi connectivity index (χ0) is 15.5. The molecule has 8 heteroatoms. The highest BCUT2D eigenvalue weighted by Gasteiger charge is 2.26. The van der Waals surface area contributed by atoms with E-state index in [1.807, 2.05) is 0 Å². The second-order valence-corrected chi connectivity index (χ2v) is 6.58. The maximum absolute atomic E-state index is 13.4. The molecule has 1 fully saturated rings. The van der Waals surface area contributed by atoms with Crippen molar-refractivity contribution in [3.05, 3.63) is 29.6 Å². The Kier molecular flexibility index (Phi) is 5.15. The summed E-state index contributed by atoms with van der Waals surface area (Å²) in [5.74, 6) is 0.0194. The van der Waals surface area contributed by atoms with Crippen LogP contribution in [0.25, 0.3) is 0 Å². The van der Waals surface area contributed by atoms with E-state index in [2.05, 4.69) is 10.0 Å². The number of ether oxygens (including phenoxy) is 1. The van der Waals surface area contributed by atoms with E-state index in [1.54, 1.807) is 6.92 Å². The van der Waals surface area contributed by atoms with Gasteiger partial charge in [-0.3, -0.25) is 0 Å². The van der Waals surface area contributed by atoms with Crippen LogP contribution in [0.3, 0.4) is 0 Å². The van der Waals surface area contributed by atoms with Gasteiger partial charge in [0, 0.05) is 37.8 Å². The summed E-state index contributed by atoms with van der Waals surface area (Å²) < 4.78 is 47.1. The van der Waals surface area contributed by atoms with Crippen molar-refractivity contribution in [3.8, 4) is 5.75 Å². The minimum Gasteiger partial charge on any atom is -0.496 e. The number of halogens is 1. The van der Waals surface area contributed by atoms with Crippen molar-refractivity contribution in [3.63, 3.8) is 0 Å². The normalized spacial score (nSPS) is 18.4. The molecule has 2 N–H and O–H groups in total. The Bertz CT molecular complexity index is 588. The first-order valence-electron chi connectivity index (χ1n) is 6.75. The summed E-state index contributed by atoms with van der Waals surface area (Å²) in [5.41, 5.74) is 0.469. The molecule has 1 unspecified atom stereocenters. The molecule has 1 aliphatic heterocycles. The molecule has 0 bridgehead atoms. The second-order valence-electron chi connectivity index (χ2n) is 4.88. The molecule has 1 saturated heterocycles. The third-order valence-corrected chi connectivity index (χ3v) is 5.10. The molecule has 0 radical (unpaired) electrons. The van der Waals surface area contributed by atoms with Crippen molar-refractivity contribution in [2.75, 3.05) is 33.3 Å². The fourth-order valence-electron chi connectivity index (χ4n) is 2.29. The molecular weight excluding hydrogens is 297 g/mol. The van der Waals surface area contributed by atoms with E-state index in [-0.39, 0.29) is 0 Å². The van der Waals surface area contributed by atoms with Gasteiger partial charge in [0.25, 0.3) is 10.2 Å². The number of nitrogens with one attached hydrogen (secondary N) is 2. The van der Waals surface area contributed by atoms with Gasteiger partial charge in [0.15, 0.2) is 0 Å². The predicted octanol–water partition coefficient (Wildman–Crippen LogP) is 0.635. The Balaban J connectivity index is 2.16. The maximum atomic E-state index is 13.4. The van der Waals surface area contributed by atoms with Crippen LogP contribution < -0.4 is 14.8 Å². The quantitative estimate of drug-likeness (QED) is 0.836. The summed E-state index contributed by atoms with van der Waals surface area (Å²) in [4.78, 5) is 0. The lowest BCUT2D eigenvalue weighted by Crippen LogP contribution is -2.50. The Labute approximate surface area is 124 Å².